The normalized spacial score (nSPS) is 10.7. The number of H-pyrrole nitrogens is 1. The predicted molar refractivity (Wildman–Crippen MR) is 75.5 cm³/mol. The van der Waals surface area contributed by atoms with Gasteiger partial charge in [-0.2, -0.15) is 0 Å². The Balaban J connectivity index is 2.29. The largest absolute Gasteiger partial charge is 0.306 e. The average Bonchev–Trinajstić information content (AvgIpc) is 2.40. The van der Waals surface area contributed by atoms with Crippen molar-refractivity contribution in [2.24, 2.45) is 0 Å². The first-order valence-corrected chi connectivity index (χ1v) is 6.28. The van der Waals surface area contributed by atoms with Crippen molar-refractivity contribution in [2.45, 2.75) is 0 Å². The lowest BCUT2D eigenvalue weighted by molar-refractivity contribution is 1.18. The number of benzene rings is 2. The second-order valence-corrected chi connectivity index (χ2v) is 4.86. The molecule has 0 radical (unpaired) electrons. The van der Waals surface area contributed by atoms with Crippen LogP contribution in [0.25, 0.3) is 22.3 Å². The summed E-state index contributed by atoms with van der Waals surface area (Å²) in [6.45, 7) is 0. The molecule has 3 rings (SSSR count). The second-order valence-electron chi connectivity index (χ2n) is 3.94. The Bertz CT molecular complexity index is 766. The van der Waals surface area contributed by atoms with Gasteiger partial charge in [-0.25, -0.2) is 4.98 Å². The fraction of sp³-hybridized carbons (Fsp3) is 0. The Labute approximate surface area is 112 Å². The van der Waals surface area contributed by atoms with E-state index in [-0.39, 0.29) is 5.56 Å². The fourth-order valence-electron chi connectivity index (χ4n) is 1.84. The van der Waals surface area contributed by atoms with Crippen LogP contribution in [0.15, 0.2) is 57.8 Å². The van der Waals surface area contributed by atoms with Gasteiger partial charge in [-0.3, -0.25) is 4.79 Å². The number of fused-ring (bicyclic) bond motifs is 1. The molecule has 2 aromatic carbocycles. The van der Waals surface area contributed by atoms with E-state index in [1.807, 2.05) is 42.5 Å². The fourth-order valence-corrected chi connectivity index (χ4v) is 2.20. The van der Waals surface area contributed by atoms with Gasteiger partial charge >= 0.3 is 0 Å². The van der Waals surface area contributed by atoms with Crippen LogP contribution in [0, 0.1) is 0 Å². The molecule has 0 aliphatic rings. The molecule has 0 aliphatic heterocycles. The second kappa shape index (κ2) is 4.38. The first-order chi connectivity index (χ1) is 8.74. The van der Waals surface area contributed by atoms with Crippen molar-refractivity contribution in [3.05, 3.63) is 63.4 Å². The molecule has 18 heavy (non-hydrogen) atoms. The number of hydrogen-bond donors (Lipinski definition) is 1. The van der Waals surface area contributed by atoms with Crippen molar-refractivity contribution < 1.29 is 0 Å². The third kappa shape index (κ3) is 1.95. The Hall–Kier alpha value is -1.94. The highest BCUT2D eigenvalue weighted by Gasteiger charge is 2.05. The molecule has 1 N–H and O–H groups in total. The van der Waals surface area contributed by atoms with Gasteiger partial charge in [0.25, 0.3) is 5.56 Å². The Kier molecular flexibility index (Phi) is 2.72. The van der Waals surface area contributed by atoms with Crippen LogP contribution in [0.5, 0.6) is 0 Å². The Morgan fingerprint density at radius 2 is 1.83 bits per heavy atom. The highest BCUT2D eigenvalue weighted by Crippen LogP contribution is 2.18. The molecule has 0 saturated carbocycles. The van der Waals surface area contributed by atoms with Gasteiger partial charge in [-0.1, -0.05) is 46.3 Å². The number of nitrogens with one attached hydrogen (secondary N) is 1. The van der Waals surface area contributed by atoms with Crippen LogP contribution in [0.4, 0.5) is 0 Å². The van der Waals surface area contributed by atoms with Gasteiger partial charge in [-0.05, 0) is 18.2 Å². The van der Waals surface area contributed by atoms with Crippen LogP contribution in [0.1, 0.15) is 0 Å². The van der Waals surface area contributed by atoms with E-state index in [0.29, 0.717) is 16.7 Å². The number of hydrogen-bond acceptors (Lipinski definition) is 2. The maximum atomic E-state index is 12.0. The minimum Gasteiger partial charge on any atom is -0.306 e. The van der Waals surface area contributed by atoms with Crippen molar-refractivity contribution >= 4 is 26.8 Å². The smallest absolute Gasteiger partial charge is 0.259 e. The molecule has 4 heteroatoms. The van der Waals surface area contributed by atoms with E-state index >= 15 is 0 Å². The van der Waals surface area contributed by atoms with Crippen molar-refractivity contribution in [3.8, 4) is 11.4 Å². The molecular weight excluding hydrogens is 292 g/mol. The van der Waals surface area contributed by atoms with E-state index < -0.39 is 0 Å². The number of nitrogens with zero attached hydrogens (tertiary/aromatic N) is 1. The molecule has 3 nitrogen and oxygen atoms in total. The standard InChI is InChI=1S/C14H9BrN2O/c15-10-6-7-12-11(8-10)14(18)17-13(16-12)9-4-2-1-3-5-9/h1-8H,(H,16,17,18). The molecule has 0 spiro atoms. The minimum atomic E-state index is -0.125. The first kappa shape index (κ1) is 11.2. The quantitative estimate of drug-likeness (QED) is 0.749. The zero-order chi connectivity index (χ0) is 12.5. The summed E-state index contributed by atoms with van der Waals surface area (Å²) in [6.07, 6.45) is 0. The van der Waals surface area contributed by atoms with E-state index in [1.165, 1.54) is 0 Å². The van der Waals surface area contributed by atoms with Crippen molar-refractivity contribution in [3.63, 3.8) is 0 Å². The molecule has 1 heterocycles. The number of rotatable bonds is 1. The van der Waals surface area contributed by atoms with Crippen molar-refractivity contribution in [1.29, 1.82) is 0 Å². The van der Waals surface area contributed by atoms with E-state index in [4.69, 9.17) is 0 Å². The summed E-state index contributed by atoms with van der Waals surface area (Å²) < 4.78 is 0.870. The molecular formula is C14H9BrN2O. The predicted octanol–water partition coefficient (Wildman–Crippen LogP) is 3.35. The molecule has 0 saturated heterocycles. The lowest BCUT2D eigenvalue weighted by Gasteiger charge is -2.03. The monoisotopic (exact) mass is 300 g/mol. The van der Waals surface area contributed by atoms with E-state index in [2.05, 4.69) is 25.9 Å². The zero-order valence-corrected chi connectivity index (χ0v) is 10.9. The van der Waals surface area contributed by atoms with Crippen LogP contribution in [-0.4, -0.2) is 9.97 Å². The van der Waals surface area contributed by atoms with E-state index in [9.17, 15) is 4.79 Å². The maximum absolute atomic E-state index is 12.0. The molecule has 1 aromatic heterocycles. The molecule has 88 valence electrons. The molecule has 0 aliphatic carbocycles. The summed E-state index contributed by atoms with van der Waals surface area (Å²) in [6, 6.07) is 15.1. The summed E-state index contributed by atoms with van der Waals surface area (Å²) in [5.74, 6) is 0.593. The highest BCUT2D eigenvalue weighted by atomic mass is 79.9. The number of aromatic amines is 1. The number of halogens is 1. The van der Waals surface area contributed by atoms with Gasteiger partial charge in [0.05, 0.1) is 10.9 Å². The zero-order valence-electron chi connectivity index (χ0n) is 9.35. The summed E-state index contributed by atoms with van der Waals surface area (Å²) in [7, 11) is 0. The molecule has 3 aromatic rings. The summed E-state index contributed by atoms with van der Waals surface area (Å²) in [5.41, 5.74) is 1.47. The third-order valence-electron chi connectivity index (χ3n) is 2.71. The molecule has 0 bridgehead atoms. The van der Waals surface area contributed by atoms with Crippen molar-refractivity contribution in [1.82, 2.24) is 9.97 Å². The topological polar surface area (TPSA) is 45.8 Å². The van der Waals surface area contributed by atoms with Crippen LogP contribution in [0.2, 0.25) is 0 Å². The highest BCUT2D eigenvalue weighted by molar-refractivity contribution is 9.10. The van der Waals surface area contributed by atoms with Gasteiger partial charge in [0.1, 0.15) is 5.82 Å². The van der Waals surface area contributed by atoms with E-state index in [1.54, 1.807) is 6.07 Å². The van der Waals surface area contributed by atoms with Gasteiger partial charge in [0, 0.05) is 10.0 Å². The average molecular weight is 301 g/mol. The molecule has 0 fully saturated rings. The van der Waals surface area contributed by atoms with Crippen LogP contribution in [0.3, 0.4) is 0 Å². The molecule has 0 amide bonds. The Morgan fingerprint density at radius 3 is 2.61 bits per heavy atom. The maximum Gasteiger partial charge on any atom is 0.259 e. The Morgan fingerprint density at radius 1 is 1.06 bits per heavy atom. The number of aromatic nitrogens is 2. The third-order valence-corrected chi connectivity index (χ3v) is 3.21. The van der Waals surface area contributed by atoms with Crippen LogP contribution < -0.4 is 5.56 Å². The van der Waals surface area contributed by atoms with Crippen molar-refractivity contribution in [2.75, 3.05) is 0 Å². The van der Waals surface area contributed by atoms with Gasteiger partial charge in [0.15, 0.2) is 0 Å². The minimum absolute atomic E-state index is 0.125. The first-order valence-electron chi connectivity index (χ1n) is 5.49. The summed E-state index contributed by atoms with van der Waals surface area (Å²) in [4.78, 5) is 19.3. The summed E-state index contributed by atoms with van der Waals surface area (Å²) in [5, 5.41) is 0.587. The summed E-state index contributed by atoms with van der Waals surface area (Å²) >= 11 is 3.35. The van der Waals surface area contributed by atoms with E-state index in [0.717, 1.165) is 10.0 Å². The van der Waals surface area contributed by atoms with Crippen LogP contribution >= 0.6 is 15.9 Å². The van der Waals surface area contributed by atoms with Gasteiger partial charge < -0.3 is 4.98 Å². The van der Waals surface area contributed by atoms with Gasteiger partial charge in [0.2, 0.25) is 0 Å². The lowest BCUT2D eigenvalue weighted by atomic mass is 10.2. The molecule has 0 atom stereocenters. The van der Waals surface area contributed by atoms with Gasteiger partial charge in [-0.15, -0.1) is 0 Å². The lowest BCUT2D eigenvalue weighted by Crippen LogP contribution is -2.09. The SMILES string of the molecule is O=c1[nH]c(-c2ccccc2)nc2ccc(Br)cc12. The van der Waals surface area contributed by atoms with Crippen LogP contribution in [-0.2, 0) is 0 Å². The molecule has 0 unspecified atom stereocenters.